The molecule has 0 aliphatic heterocycles. The standard InChI is InChI=1S/C16H22N2O3/c1-16(2,20-3)9-11-21-10-8-15(19)18-14-6-4-13(12-17)5-7-14/h4-7H,8-11H2,1-3H3,(H,18,19). The van der Waals surface area contributed by atoms with Crippen LogP contribution >= 0.6 is 0 Å². The van der Waals surface area contributed by atoms with Crippen molar-refractivity contribution in [3.8, 4) is 6.07 Å². The van der Waals surface area contributed by atoms with Crippen LogP contribution in [0.25, 0.3) is 0 Å². The lowest BCUT2D eigenvalue weighted by Crippen LogP contribution is -2.24. The van der Waals surface area contributed by atoms with Crippen molar-refractivity contribution >= 4 is 11.6 Å². The molecule has 21 heavy (non-hydrogen) atoms. The molecule has 0 aromatic heterocycles. The fourth-order valence-electron chi connectivity index (χ4n) is 1.54. The van der Waals surface area contributed by atoms with Crippen LogP contribution in [0.1, 0.15) is 32.3 Å². The number of nitrogens with one attached hydrogen (secondary N) is 1. The van der Waals surface area contributed by atoms with Crippen molar-refractivity contribution in [1.82, 2.24) is 0 Å². The Morgan fingerprint density at radius 1 is 1.29 bits per heavy atom. The summed E-state index contributed by atoms with van der Waals surface area (Å²) >= 11 is 0. The predicted molar refractivity (Wildman–Crippen MR) is 80.9 cm³/mol. The van der Waals surface area contributed by atoms with Crippen molar-refractivity contribution < 1.29 is 14.3 Å². The van der Waals surface area contributed by atoms with Crippen LogP contribution in [0.2, 0.25) is 0 Å². The minimum absolute atomic E-state index is 0.106. The summed E-state index contributed by atoms with van der Waals surface area (Å²) < 4.78 is 10.7. The molecular weight excluding hydrogens is 268 g/mol. The second-order valence-corrected chi connectivity index (χ2v) is 5.31. The van der Waals surface area contributed by atoms with E-state index < -0.39 is 0 Å². The number of carbonyl (C=O) groups excluding carboxylic acids is 1. The number of hydrogen-bond donors (Lipinski definition) is 1. The molecule has 1 amide bonds. The molecule has 0 atom stereocenters. The topological polar surface area (TPSA) is 71.3 Å². The first-order valence-electron chi connectivity index (χ1n) is 6.90. The molecule has 5 heteroatoms. The number of anilines is 1. The SMILES string of the molecule is COC(C)(C)CCOCCC(=O)Nc1ccc(C#N)cc1. The van der Waals surface area contributed by atoms with Crippen LogP contribution in [0.4, 0.5) is 5.69 Å². The van der Waals surface area contributed by atoms with Gasteiger partial charge in [0.2, 0.25) is 5.91 Å². The quantitative estimate of drug-likeness (QED) is 0.747. The zero-order valence-corrected chi connectivity index (χ0v) is 12.8. The molecule has 114 valence electrons. The van der Waals surface area contributed by atoms with Crippen LogP contribution in [0.5, 0.6) is 0 Å². The molecular formula is C16H22N2O3. The van der Waals surface area contributed by atoms with Gasteiger partial charge in [-0.15, -0.1) is 0 Å². The minimum atomic E-state index is -0.204. The van der Waals surface area contributed by atoms with Gasteiger partial charge in [-0.05, 0) is 44.5 Å². The Labute approximate surface area is 125 Å². The summed E-state index contributed by atoms with van der Waals surface area (Å²) in [5.74, 6) is -0.106. The number of rotatable bonds is 8. The lowest BCUT2D eigenvalue weighted by molar-refractivity contribution is -0.117. The van der Waals surface area contributed by atoms with Crippen molar-refractivity contribution in [2.45, 2.75) is 32.3 Å². The number of methoxy groups -OCH3 is 1. The third kappa shape index (κ3) is 6.89. The Bertz CT molecular complexity index is 489. The monoisotopic (exact) mass is 290 g/mol. The number of nitriles is 1. The molecule has 0 heterocycles. The number of carbonyl (C=O) groups is 1. The molecule has 0 radical (unpaired) electrons. The van der Waals surface area contributed by atoms with Crippen LogP contribution < -0.4 is 5.32 Å². The van der Waals surface area contributed by atoms with E-state index in [1.807, 2.05) is 19.9 Å². The van der Waals surface area contributed by atoms with Crippen LogP contribution in [-0.2, 0) is 14.3 Å². The summed E-state index contributed by atoms with van der Waals surface area (Å²) in [7, 11) is 1.67. The van der Waals surface area contributed by atoms with Gasteiger partial charge in [0, 0.05) is 19.4 Å². The second kappa shape index (κ2) is 8.40. The molecule has 0 fully saturated rings. The van der Waals surface area contributed by atoms with Crippen LogP contribution in [0.15, 0.2) is 24.3 Å². The first-order valence-corrected chi connectivity index (χ1v) is 6.90. The van der Waals surface area contributed by atoms with E-state index in [0.29, 0.717) is 30.9 Å². The van der Waals surface area contributed by atoms with Crippen molar-refractivity contribution in [1.29, 1.82) is 5.26 Å². The third-order valence-electron chi connectivity index (χ3n) is 3.17. The Morgan fingerprint density at radius 2 is 1.95 bits per heavy atom. The van der Waals surface area contributed by atoms with Gasteiger partial charge < -0.3 is 14.8 Å². The van der Waals surface area contributed by atoms with Gasteiger partial charge in [-0.1, -0.05) is 0 Å². The molecule has 1 rings (SSSR count). The molecule has 1 N–H and O–H groups in total. The maximum absolute atomic E-state index is 11.7. The lowest BCUT2D eigenvalue weighted by atomic mass is 10.1. The molecule has 0 spiro atoms. The van der Waals surface area contributed by atoms with Crippen molar-refractivity contribution in [2.75, 3.05) is 25.6 Å². The normalized spacial score (nSPS) is 11.0. The first-order chi connectivity index (χ1) is 9.96. The zero-order chi connectivity index (χ0) is 15.7. The summed E-state index contributed by atoms with van der Waals surface area (Å²) in [4.78, 5) is 11.7. The maximum atomic E-state index is 11.7. The number of ether oxygens (including phenoxy) is 2. The highest BCUT2D eigenvalue weighted by molar-refractivity contribution is 5.90. The summed E-state index contributed by atoms with van der Waals surface area (Å²) in [6.07, 6.45) is 1.08. The molecule has 0 bridgehead atoms. The molecule has 1 aromatic carbocycles. The van der Waals surface area contributed by atoms with E-state index >= 15 is 0 Å². The van der Waals surface area contributed by atoms with Crippen molar-refractivity contribution in [2.24, 2.45) is 0 Å². The molecule has 5 nitrogen and oxygen atoms in total. The zero-order valence-electron chi connectivity index (χ0n) is 12.8. The highest BCUT2D eigenvalue weighted by Gasteiger charge is 2.15. The number of benzene rings is 1. The summed E-state index contributed by atoms with van der Waals surface area (Å²) in [5, 5.41) is 11.4. The number of hydrogen-bond acceptors (Lipinski definition) is 4. The highest BCUT2D eigenvalue weighted by atomic mass is 16.5. The molecule has 0 aliphatic carbocycles. The van der Waals surface area contributed by atoms with Crippen LogP contribution in [0, 0.1) is 11.3 Å². The van der Waals surface area contributed by atoms with Gasteiger partial charge in [0.1, 0.15) is 0 Å². The predicted octanol–water partition coefficient (Wildman–Crippen LogP) is 2.72. The van der Waals surface area contributed by atoms with E-state index in [4.69, 9.17) is 14.7 Å². The molecule has 0 aliphatic rings. The summed E-state index contributed by atoms with van der Waals surface area (Å²) in [6, 6.07) is 8.77. The van der Waals surface area contributed by atoms with Gasteiger partial charge in [0.15, 0.2) is 0 Å². The fraction of sp³-hybridized carbons (Fsp3) is 0.500. The van der Waals surface area contributed by atoms with Gasteiger partial charge in [0.25, 0.3) is 0 Å². The summed E-state index contributed by atoms with van der Waals surface area (Å²) in [6.45, 7) is 4.93. The minimum Gasteiger partial charge on any atom is -0.381 e. The van der Waals surface area contributed by atoms with E-state index in [2.05, 4.69) is 5.32 Å². The van der Waals surface area contributed by atoms with Gasteiger partial charge in [-0.25, -0.2) is 0 Å². The van der Waals surface area contributed by atoms with E-state index in [1.165, 1.54) is 0 Å². The van der Waals surface area contributed by atoms with E-state index in [9.17, 15) is 4.79 Å². The molecule has 1 aromatic rings. The van der Waals surface area contributed by atoms with E-state index in [0.717, 1.165) is 6.42 Å². The van der Waals surface area contributed by atoms with E-state index in [1.54, 1.807) is 31.4 Å². The smallest absolute Gasteiger partial charge is 0.226 e. The Balaban J connectivity index is 2.21. The van der Waals surface area contributed by atoms with Gasteiger partial charge in [-0.2, -0.15) is 5.26 Å². The Morgan fingerprint density at radius 3 is 2.52 bits per heavy atom. The number of nitrogens with zero attached hydrogens (tertiary/aromatic N) is 1. The molecule has 0 saturated carbocycles. The Hall–Kier alpha value is -1.90. The Kier molecular flexibility index (Phi) is 6.86. The van der Waals surface area contributed by atoms with Crippen LogP contribution in [-0.4, -0.2) is 31.8 Å². The van der Waals surface area contributed by atoms with Gasteiger partial charge in [0.05, 0.1) is 30.3 Å². The van der Waals surface area contributed by atoms with Gasteiger partial charge in [-0.3, -0.25) is 4.79 Å². The van der Waals surface area contributed by atoms with Crippen molar-refractivity contribution in [3.05, 3.63) is 29.8 Å². The molecule has 0 unspecified atom stereocenters. The maximum Gasteiger partial charge on any atom is 0.226 e. The second-order valence-electron chi connectivity index (χ2n) is 5.31. The van der Waals surface area contributed by atoms with Gasteiger partial charge >= 0.3 is 0 Å². The average Bonchev–Trinajstić information content (AvgIpc) is 2.47. The fourth-order valence-corrected chi connectivity index (χ4v) is 1.54. The average molecular weight is 290 g/mol. The molecule has 0 saturated heterocycles. The highest BCUT2D eigenvalue weighted by Crippen LogP contribution is 2.12. The van der Waals surface area contributed by atoms with Crippen LogP contribution in [0.3, 0.4) is 0 Å². The lowest BCUT2D eigenvalue weighted by Gasteiger charge is -2.22. The third-order valence-corrected chi connectivity index (χ3v) is 3.17. The number of amides is 1. The van der Waals surface area contributed by atoms with Crippen molar-refractivity contribution in [3.63, 3.8) is 0 Å². The summed E-state index contributed by atoms with van der Waals surface area (Å²) in [5.41, 5.74) is 1.04. The first kappa shape index (κ1) is 17.2. The largest absolute Gasteiger partial charge is 0.381 e. The van der Waals surface area contributed by atoms with E-state index in [-0.39, 0.29) is 11.5 Å².